The van der Waals surface area contributed by atoms with Gasteiger partial charge in [-0.3, -0.25) is 4.98 Å². The predicted octanol–water partition coefficient (Wildman–Crippen LogP) is 2.60. The molecule has 0 aliphatic carbocycles. The second-order valence-corrected chi connectivity index (χ2v) is 3.75. The van der Waals surface area contributed by atoms with E-state index in [1.54, 1.807) is 10.9 Å². The summed E-state index contributed by atoms with van der Waals surface area (Å²) in [7, 11) is 0. The van der Waals surface area contributed by atoms with Crippen molar-refractivity contribution in [3.8, 4) is 5.69 Å². The molecule has 1 aromatic carbocycles. The third-order valence-corrected chi connectivity index (χ3v) is 2.70. The molecule has 0 fully saturated rings. The van der Waals surface area contributed by atoms with Crippen molar-refractivity contribution in [2.75, 3.05) is 0 Å². The Kier molecular flexibility index (Phi) is 2.37. The zero-order chi connectivity index (χ0) is 12.5. The highest BCUT2D eigenvalue weighted by Crippen LogP contribution is 2.21. The Morgan fingerprint density at radius 3 is 2.89 bits per heavy atom. The minimum atomic E-state index is -0.429. The van der Waals surface area contributed by atoms with E-state index in [0.29, 0.717) is 11.3 Å². The van der Waals surface area contributed by atoms with Crippen LogP contribution in [0.15, 0.2) is 43.2 Å². The molecule has 0 unspecified atom stereocenters. The summed E-state index contributed by atoms with van der Waals surface area (Å²) in [5.74, 6) is -0.429. The Bertz CT molecular complexity index is 733. The van der Waals surface area contributed by atoms with Gasteiger partial charge in [0.15, 0.2) is 5.82 Å². The Morgan fingerprint density at radius 2 is 2.06 bits per heavy atom. The van der Waals surface area contributed by atoms with Crippen LogP contribution in [0.1, 0.15) is 5.56 Å². The summed E-state index contributed by atoms with van der Waals surface area (Å²) in [4.78, 5) is 3.84. The zero-order valence-corrected chi connectivity index (χ0v) is 9.42. The van der Waals surface area contributed by atoms with E-state index in [2.05, 4.69) is 21.9 Å². The first-order chi connectivity index (χ1) is 8.81. The van der Waals surface area contributed by atoms with Crippen molar-refractivity contribution in [3.05, 3.63) is 54.6 Å². The maximum atomic E-state index is 13.6. The molecule has 5 heteroatoms. The molecule has 0 saturated heterocycles. The SMILES string of the molecule is C=Cc1c(F)cncc1-n1nnc2ccccc21. The first-order valence-electron chi connectivity index (χ1n) is 5.38. The average molecular weight is 240 g/mol. The topological polar surface area (TPSA) is 43.6 Å². The molecule has 88 valence electrons. The van der Waals surface area contributed by atoms with Gasteiger partial charge in [-0.05, 0) is 12.1 Å². The van der Waals surface area contributed by atoms with Gasteiger partial charge in [0.25, 0.3) is 0 Å². The maximum absolute atomic E-state index is 13.6. The Morgan fingerprint density at radius 1 is 1.22 bits per heavy atom. The minimum Gasteiger partial charge on any atom is -0.259 e. The first kappa shape index (κ1) is 10.6. The van der Waals surface area contributed by atoms with Gasteiger partial charge in [-0.25, -0.2) is 9.07 Å². The minimum absolute atomic E-state index is 0.362. The summed E-state index contributed by atoms with van der Waals surface area (Å²) < 4.78 is 15.2. The molecule has 0 bridgehead atoms. The van der Waals surface area contributed by atoms with E-state index < -0.39 is 5.82 Å². The van der Waals surface area contributed by atoms with Crippen molar-refractivity contribution in [1.82, 2.24) is 20.0 Å². The van der Waals surface area contributed by atoms with Crippen molar-refractivity contribution in [2.45, 2.75) is 0 Å². The van der Waals surface area contributed by atoms with Crippen LogP contribution in [0, 0.1) is 5.82 Å². The number of hydrogen-bond donors (Lipinski definition) is 0. The second kappa shape index (κ2) is 4.03. The van der Waals surface area contributed by atoms with Gasteiger partial charge in [0.05, 0.1) is 23.6 Å². The Hall–Kier alpha value is -2.56. The van der Waals surface area contributed by atoms with E-state index in [1.165, 1.54) is 6.08 Å². The van der Waals surface area contributed by atoms with Gasteiger partial charge in [0, 0.05) is 5.56 Å². The molecule has 0 N–H and O–H groups in total. The summed E-state index contributed by atoms with van der Waals surface area (Å²) in [5, 5.41) is 8.06. The van der Waals surface area contributed by atoms with Gasteiger partial charge >= 0.3 is 0 Å². The largest absolute Gasteiger partial charge is 0.259 e. The van der Waals surface area contributed by atoms with E-state index in [-0.39, 0.29) is 0 Å². The molecule has 2 heterocycles. The van der Waals surface area contributed by atoms with Crippen molar-refractivity contribution >= 4 is 17.1 Å². The van der Waals surface area contributed by atoms with Crippen molar-refractivity contribution in [3.63, 3.8) is 0 Å². The lowest BCUT2D eigenvalue weighted by Gasteiger charge is -2.06. The van der Waals surface area contributed by atoms with Gasteiger partial charge in [0.1, 0.15) is 5.52 Å². The van der Waals surface area contributed by atoms with Crippen LogP contribution in [-0.2, 0) is 0 Å². The Balaban J connectivity index is 2.33. The second-order valence-electron chi connectivity index (χ2n) is 3.75. The number of halogens is 1. The summed E-state index contributed by atoms with van der Waals surface area (Å²) in [6.45, 7) is 3.61. The number of aromatic nitrogens is 4. The molecular formula is C13H9FN4. The lowest BCUT2D eigenvalue weighted by molar-refractivity contribution is 0.615. The van der Waals surface area contributed by atoms with Gasteiger partial charge < -0.3 is 0 Å². The number of benzene rings is 1. The smallest absolute Gasteiger partial charge is 0.150 e. The van der Waals surface area contributed by atoms with Crippen LogP contribution >= 0.6 is 0 Å². The lowest BCUT2D eigenvalue weighted by atomic mass is 10.2. The molecule has 0 radical (unpaired) electrons. The van der Waals surface area contributed by atoms with E-state index in [0.717, 1.165) is 17.2 Å². The molecule has 0 spiro atoms. The molecule has 0 aliphatic heterocycles. The van der Waals surface area contributed by atoms with E-state index >= 15 is 0 Å². The number of nitrogens with zero attached hydrogens (tertiary/aromatic N) is 4. The van der Waals surface area contributed by atoms with Crippen LogP contribution in [0.2, 0.25) is 0 Å². The Labute approximate surface area is 102 Å². The molecule has 3 aromatic rings. The normalized spacial score (nSPS) is 10.7. The molecular weight excluding hydrogens is 231 g/mol. The van der Waals surface area contributed by atoms with Crippen molar-refractivity contribution in [1.29, 1.82) is 0 Å². The third kappa shape index (κ3) is 1.48. The molecule has 0 saturated carbocycles. The maximum Gasteiger partial charge on any atom is 0.150 e. The summed E-state index contributed by atoms with van der Waals surface area (Å²) >= 11 is 0. The highest BCUT2D eigenvalue weighted by Gasteiger charge is 2.12. The molecule has 0 amide bonds. The highest BCUT2D eigenvalue weighted by molar-refractivity contribution is 5.77. The summed E-state index contributed by atoms with van der Waals surface area (Å²) in [6, 6.07) is 7.47. The molecule has 0 aliphatic rings. The molecule has 3 rings (SSSR count). The van der Waals surface area contributed by atoms with Crippen LogP contribution in [0.25, 0.3) is 22.8 Å². The fourth-order valence-electron chi connectivity index (χ4n) is 1.85. The molecule has 2 aromatic heterocycles. The number of fused-ring (bicyclic) bond motifs is 1. The van der Waals surface area contributed by atoms with E-state index in [4.69, 9.17) is 0 Å². The van der Waals surface area contributed by atoms with Crippen LogP contribution < -0.4 is 0 Å². The number of pyridine rings is 1. The van der Waals surface area contributed by atoms with E-state index in [9.17, 15) is 4.39 Å². The van der Waals surface area contributed by atoms with Crippen LogP contribution in [0.4, 0.5) is 4.39 Å². The van der Waals surface area contributed by atoms with E-state index in [1.807, 2.05) is 24.3 Å². The molecule has 18 heavy (non-hydrogen) atoms. The van der Waals surface area contributed by atoms with Gasteiger partial charge in [0.2, 0.25) is 0 Å². The fourth-order valence-corrected chi connectivity index (χ4v) is 1.85. The number of para-hydroxylation sites is 1. The quantitative estimate of drug-likeness (QED) is 0.691. The number of rotatable bonds is 2. The fraction of sp³-hybridized carbons (Fsp3) is 0. The third-order valence-electron chi connectivity index (χ3n) is 2.70. The summed E-state index contributed by atoms with van der Waals surface area (Å²) in [6.07, 6.45) is 4.14. The highest BCUT2D eigenvalue weighted by atomic mass is 19.1. The predicted molar refractivity (Wildman–Crippen MR) is 66.7 cm³/mol. The molecule has 4 nitrogen and oxygen atoms in total. The van der Waals surface area contributed by atoms with Crippen molar-refractivity contribution < 1.29 is 4.39 Å². The molecule has 0 atom stereocenters. The van der Waals surface area contributed by atoms with Crippen LogP contribution in [-0.4, -0.2) is 20.0 Å². The average Bonchev–Trinajstić information content (AvgIpc) is 2.82. The number of hydrogen-bond acceptors (Lipinski definition) is 3. The zero-order valence-electron chi connectivity index (χ0n) is 9.42. The summed E-state index contributed by atoms with van der Waals surface area (Å²) in [5.41, 5.74) is 2.43. The monoisotopic (exact) mass is 240 g/mol. The standard InChI is InChI=1S/C13H9FN4/c1-2-9-10(14)7-15-8-13(9)18-12-6-4-3-5-11(12)16-17-18/h2-8H,1H2. The lowest BCUT2D eigenvalue weighted by Crippen LogP contribution is -2.02. The van der Waals surface area contributed by atoms with Gasteiger partial charge in [-0.2, -0.15) is 0 Å². The van der Waals surface area contributed by atoms with Crippen molar-refractivity contribution in [2.24, 2.45) is 0 Å². The van der Waals surface area contributed by atoms with Gasteiger partial charge in [-0.15, -0.1) is 5.10 Å². The van der Waals surface area contributed by atoms with Crippen LogP contribution in [0.3, 0.4) is 0 Å². The first-order valence-corrected chi connectivity index (χ1v) is 5.38. The van der Waals surface area contributed by atoms with Gasteiger partial charge in [-0.1, -0.05) is 30.0 Å². The van der Waals surface area contributed by atoms with Crippen LogP contribution in [0.5, 0.6) is 0 Å².